The summed E-state index contributed by atoms with van der Waals surface area (Å²) in [5.74, 6) is -0.870. The number of esters is 3. The number of ether oxygens (including phenoxy) is 3. The molecule has 0 aromatic carbocycles. The Labute approximate surface area is 448 Å². The van der Waals surface area contributed by atoms with E-state index in [-0.39, 0.29) is 31.1 Å². The van der Waals surface area contributed by atoms with Crippen LogP contribution in [0.25, 0.3) is 0 Å². The van der Waals surface area contributed by atoms with Gasteiger partial charge in [0.05, 0.1) is 0 Å². The molecule has 0 aromatic rings. The summed E-state index contributed by atoms with van der Waals surface area (Å²) in [4.78, 5) is 38.2. The van der Waals surface area contributed by atoms with Crippen molar-refractivity contribution in [3.05, 3.63) is 48.6 Å². The first-order valence-electron chi connectivity index (χ1n) is 31.6. The second-order valence-corrected chi connectivity index (χ2v) is 21.3. The molecule has 0 saturated carbocycles. The largest absolute Gasteiger partial charge is 0.462 e. The summed E-state index contributed by atoms with van der Waals surface area (Å²) in [5.41, 5.74) is 0. The van der Waals surface area contributed by atoms with E-state index in [1.54, 1.807) is 0 Å². The molecular weight excluding hydrogens is 889 g/mol. The van der Waals surface area contributed by atoms with E-state index in [1.165, 1.54) is 212 Å². The maximum Gasteiger partial charge on any atom is 0.306 e. The van der Waals surface area contributed by atoms with Crippen LogP contribution in [0.3, 0.4) is 0 Å². The van der Waals surface area contributed by atoms with Gasteiger partial charge in [-0.2, -0.15) is 0 Å². The van der Waals surface area contributed by atoms with E-state index in [0.717, 1.165) is 83.5 Å². The standard InChI is InChI=1S/C66H120O6/c1-4-7-10-13-16-19-22-25-28-29-30-31-32-33-34-35-36-37-39-41-44-47-50-53-56-59-65(68)71-62-63(61-70-64(67)58-55-52-49-46-43-40-27-24-21-18-15-12-9-6-3)72-66(69)60-57-54-51-48-45-42-38-26-23-20-17-14-11-8-5-2/h15,18,22,24-25,27,29-30,63H,4-14,16-17,19-21,23,26,28,31-62H2,1-3H3/b18-15-,25-22-,27-24-,30-29-. The normalized spacial score (nSPS) is 12.3. The molecule has 1 atom stereocenters. The molecule has 0 fully saturated rings. The average Bonchev–Trinajstić information content (AvgIpc) is 3.38. The summed E-state index contributed by atoms with van der Waals surface area (Å²) in [5, 5.41) is 0. The van der Waals surface area contributed by atoms with E-state index in [1.807, 2.05) is 0 Å². The summed E-state index contributed by atoms with van der Waals surface area (Å²) < 4.78 is 16.9. The van der Waals surface area contributed by atoms with Gasteiger partial charge in [0.2, 0.25) is 0 Å². The van der Waals surface area contributed by atoms with Crippen LogP contribution in [0.15, 0.2) is 48.6 Å². The second-order valence-electron chi connectivity index (χ2n) is 21.3. The molecule has 0 aliphatic carbocycles. The van der Waals surface area contributed by atoms with Gasteiger partial charge in [0.25, 0.3) is 0 Å². The van der Waals surface area contributed by atoms with Crippen molar-refractivity contribution in [2.24, 2.45) is 0 Å². The Morgan fingerprint density at radius 1 is 0.278 bits per heavy atom. The van der Waals surface area contributed by atoms with E-state index >= 15 is 0 Å². The molecule has 0 N–H and O–H groups in total. The lowest BCUT2D eigenvalue weighted by molar-refractivity contribution is -0.167. The number of hydrogen-bond acceptors (Lipinski definition) is 6. The van der Waals surface area contributed by atoms with E-state index in [9.17, 15) is 14.4 Å². The quantitative estimate of drug-likeness (QED) is 0.0261. The van der Waals surface area contributed by atoms with E-state index in [4.69, 9.17) is 14.2 Å². The van der Waals surface area contributed by atoms with Crippen LogP contribution in [-0.4, -0.2) is 37.2 Å². The Bertz CT molecular complexity index is 1250. The number of carbonyl (C=O) groups is 3. The molecule has 1 unspecified atom stereocenters. The highest BCUT2D eigenvalue weighted by molar-refractivity contribution is 5.71. The molecule has 0 aliphatic heterocycles. The first-order chi connectivity index (χ1) is 35.5. The van der Waals surface area contributed by atoms with Gasteiger partial charge in [-0.25, -0.2) is 0 Å². The fraction of sp³-hybridized carbons (Fsp3) is 0.833. The molecule has 0 heterocycles. The fourth-order valence-electron chi connectivity index (χ4n) is 9.26. The minimum atomic E-state index is -0.777. The minimum Gasteiger partial charge on any atom is -0.462 e. The van der Waals surface area contributed by atoms with E-state index in [2.05, 4.69) is 69.4 Å². The van der Waals surface area contributed by atoms with Crippen molar-refractivity contribution in [1.82, 2.24) is 0 Å². The zero-order valence-electron chi connectivity index (χ0n) is 48.2. The number of carbonyl (C=O) groups excluding carboxylic acids is 3. The maximum absolute atomic E-state index is 12.9. The van der Waals surface area contributed by atoms with Crippen molar-refractivity contribution >= 4 is 17.9 Å². The number of hydrogen-bond donors (Lipinski definition) is 0. The minimum absolute atomic E-state index is 0.0743. The number of allylic oxidation sites excluding steroid dienone is 8. The van der Waals surface area contributed by atoms with Crippen molar-refractivity contribution in [2.75, 3.05) is 13.2 Å². The molecule has 0 rings (SSSR count). The SMILES string of the molecule is CCCC/C=C\C/C=C\CCCCCCCC(=O)OCC(COC(=O)CCCCCCCCCCCCCCC/C=C\C/C=C\CCCCCCC)OC(=O)CCCCCCCCCCCCCCCCC. The zero-order chi connectivity index (χ0) is 52.2. The van der Waals surface area contributed by atoms with Crippen LogP contribution in [0.4, 0.5) is 0 Å². The van der Waals surface area contributed by atoms with Crippen LogP contribution in [-0.2, 0) is 28.6 Å². The van der Waals surface area contributed by atoms with Crippen LogP contribution < -0.4 is 0 Å². The molecule has 0 spiro atoms. The van der Waals surface area contributed by atoms with E-state index < -0.39 is 6.10 Å². The molecule has 72 heavy (non-hydrogen) atoms. The Morgan fingerprint density at radius 3 is 0.806 bits per heavy atom. The zero-order valence-corrected chi connectivity index (χ0v) is 48.2. The van der Waals surface area contributed by atoms with Crippen molar-refractivity contribution < 1.29 is 28.6 Å². The van der Waals surface area contributed by atoms with Crippen LogP contribution >= 0.6 is 0 Å². The summed E-state index contributed by atoms with van der Waals surface area (Å²) in [7, 11) is 0. The van der Waals surface area contributed by atoms with Crippen molar-refractivity contribution in [1.29, 1.82) is 0 Å². The highest BCUT2D eigenvalue weighted by Gasteiger charge is 2.19. The summed E-state index contributed by atoms with van der Waals surface area (Å²) >= 11 is 0. The Hall–Kier alpha value is -2.63. The van der Waals surface area contributed by atoms with Gasteiger partial charge in [-0.05, 0) is 77.0 Å². The monoisotopic (exact) mass is 1010 g/mol. The lowest BCUT2D eigenvalue weighted by atomic mass is 10.0. The predicted octanol–water partition coefficient (Wildman–Crippen LogP) is 21.4. The lowest BCUT2D eigenvalue weighted by Crippen LogP contribution is -2.30. The Balaban J connectivity index is 4.26. The van der Waals surface area contributed by atoms with Crippen LogP contribution in [0.5, 0.6) is 0 Å². The highest BCUT2D eigenvalue weighted by Crippen LogP contribution is 2.17. The molecule has 6 nitrogen and oxygen atoms in total. The van der Waals surface area contributed by atoms with Gasteiger partial charge in [-0.1, -0.05) is 288 Å². The fourth-order valence-corrected chi connectivity index (χ4v) is 9.26. The molecule has 6 heteroatoms. The van der Waals surface area contributed by atoms with Gasteiger partial charge in [0, 0.05) is 19.3 Å². The summed E-state index contributed by atoms with van der Waals surface area (Å²) in [6, 6.07) is 0. The molecular formula is C66H120O6. The third-order valence-corrected chi connectivity index (χ3v) is 14.1. The first kappa shape index (κ1) is 69.4. The predicted molar refractivity (Wildman–Crippen MR) is 312 cm³/mol. The van der Waals surface area contributed by atoms with Crippen molar-refractivity contribution in [2.45, 2.75) is 341 Å². The second kappa shape index (κ2) is 60.9. The van der Waals surface area contributed by atoms with Gasteiger partial charge in [-0.15, -0.1) is 0 Å². The highest BCUT2D eigenvalue weighted by atomic mass is 16.6. The first-order valence-corrected chi connectivity index (χ1v) is 31.6. The molecule has 0 bridgehead atoms. The van der Waals surface area contributed by atoms with E-state index in [0.29, 0.717) is 19.3 Å². The Kier molecular flexibility index (Phi) is 58.7. The van der Waals surface area contributed by atoms with Gasteiger partial charge in [0.15, 0.2) is 6.10 Å². The van der Waals surface area contributed by atoms with Crippen LogP contribution in [0.2, 0.25) is 0 Å². The van der Waals surface area contributed by atoms with Crippen LogP contribution in [0, 0.1) is 0 Å². The molecule has 0 aromatic heterocycles. The van der Waals surface area contributed by atoms with Gasteiger partial charge >= 0.3 is 17.9 Å². The number of rotatable bonds is 58. The Morgan fingerprint density at radius 2 is 0.514 bits per heavy atom. The van der Waals surface area contributed by atoms with Gasteiger partial charge in [-0.3, -0.25) is 14.4 Å². The maximum atomic E-state index is 12.9. The van der Waals surface area contributed by atoms with Crippen molar-refractivity contribution in [3.63, 3.8) is 0 Å². The van der Waals surface area contributed by atoms with Crippen molar-refractivity contribution in [3.8, 4) is 0 Å². The summed E-state index contributed by atoms with van der Waals surface area (Å²) in [6.45, 7) is 6.62. The van der Waals surface area contributed by atoms with Gasteiger partial charge in [0.1, 0.15) is 13.2 Å². The molecule has 0 radical (unpaired) electrons. The molecule has 0 amide bonds. The van der Waals surface area contributed by atoms with Gasteiger partial charge < -0.3 is 14.2 Å². The third-order valence-electron chi connectivity index (χ3n) is 14.1. The number of unbranched alkanes of at least 4 members (excludes halogenated alkanes) is 39. The van der Waals surface area contributed by atoms with Crippen LogP contribution in [0.1, 0.15) is 335 Å². The average molecular weight is 1010 g/mol. The molecule has 0 saturated heterocycles. The lowest BCUT2D eigenvalue weighted by Gasteiger charge is -2.18. The molecule has 420 valence electrons. The topological polar surface area (TPSA) is 78.9 Å². The molecule has 0 aliphatic rings. The third kappa shape index (κ3) is 58.3. The summed E-state index contributed by atoms with van der Waals surface area (Å²) in [6.07, 6.45) is 75.4. The smallest absolute Gasteiger partial charge is 0.306 e.